The minimum Gasteiger partial charge on any atom is -0.367 e. The van der Waals surface area contributed by atoms with Gasteiger partial charge in [-0.2, -0.15) is 0 Å². The van der Waals surface area contributed by atoms with E-state index >= 15 is 0 Å². The van der Waals surface area contributed by atoms with Crippen LogP contribution >= 0.6 is 0 Å². The van der Waals surface area contributed by atoms with E-state index in [1.54, 1.807) is 0 Å². The van der Waals surface area contributed by atoms with Crippen LogP contribution in [0.25, 0.3) is 6.08 Å². The lowest BCUT2D eigenvalue weighted by molar-refractivity contribution is 0.250. The highest BCUT2D eigenvalue weighted by atomic mass is 15.2. The lowest BCUT2D eigenvalue weighted by Gasteiger charge is -2.44. The number of aryl methyl sites for hydroxylation is 2. The van der Waals surface area contributed by atoms with E-state index in [0.717, 1.165) is 0 Å². The largest absolute Gasteiger partial charge is 0.367 e. The summed E-state index contributed by atoms with van der Waals surface area (Å²) in [5.74, 6) is 0. The van der Waals surface area contributed by atoms with E-state index in [1.807, 2.05) is 0 Å². The predicted octanol–water partition coefficient (Wildman–Crippen LogP) is 4.79. The molecular weight excluding hydrogens is 254 g/mol. The third-order valence-corrected chi connectivity index (χ3v) is 5.00. The minimum atomic E-state index is -0.119. The second kappa shape index (κ2) is 4.77. The summed E-state index contributed by atoms with van der Waals surface area (Å²) < 4.78 is 0. The monoisotopic (exact) mass is 277 g/mol. The fourth-order valence-electron chi connectivity index (χ4n) is 3.50. The van der Waals surface area contributed by atoms with Crippen LogP contribution in [0.3, 0.4) is 0 Å². The van der Waals surface area contributed by atoms with Crippen LogP contribution in [0.5, 0.6) is 0 Å². The van der Waals surface area contributed by atoms with Gasteiger partial charge < -0.3 is 4.90 Å². The zero-order valence-corrected chi connectivity index (χ0v) is 13.6. The molecular formula is C20H23N. The van der Waals surface area contributed by atoms with Crippen molar-refractivity contribution in [2.75, 3.05) is 7.05 Å². The van der Waals surface area contributed by atoms with E-state index in [9.17, 15) is 0 Å². The van der Waals surface area contributed by atoms with Crippen LogP contribution in [0, 0.1) is 20.8 Å². The predicted molar refractivity (Wildman–Crippen MR) is 90.3 cm³/mol. The number of nitrogens with zero attached hydrogens (tertiary/aromatic N) is 1. The second-order valence-electron chi connectivity index (χ2n) is 6.34. The lowest BCUT2D eigenvalue weighted by atomic mass is 9.76. The first-order chi connectivity index (χ1) is 9.94. The molecule has 0 bridgehead atoms. The fraction of sp³-hybridized carbons (Fsp3) is 0.300. The molecule has 0 aromatic heterocycles. The maximum Gasteiger partial charge on any atom is 0.0877 e. The second-order valence-corrected chi connectivity index (χ2v) is 6.34. The molecule has 1 nitrogen and oxygen atoms in total. The van der Waals surface area contributed by atoms with Gasteiger partial charge in [0.05, 0.1) is 5.54 Å². The minimum absolute atomic E-state index is 0.119. The van der Waals surface area contributed by atoms with E-state index in [4.69, 9.17) is 0 Å². The Hall–Kier alpha value is -2.02. The van der Waals surface area contributed by atoms with Crippen molar-refractivity contribution in [3.63, 3.8) is 0 Å². The maximum atomic E-state index is 2.34. The number of benzene rings is 2. The Bertz CT molecular complexity index is 727. The van der Waals surface area contributed by atoms with Crippen molar-refractivity contribution in [1.82, 2.24) is 4.90 Å². The summed E-state index contributed by atoms with van der Waals surface area (Å²) >= 11 is 0. The van der Waals surface area contributed by atoms with Crippen molar-refractivity contribution >= 4 is 6.08 Å². The van der Waals surface area contributed by atoms with Crippen molar-refractivity contribution in [1.29, 1.82) is 0 Å². The SMILES string of the molecule is Cc1cc(C)c(C)c(C2(C)c3ccccc3C=CN2C)c1. The van der Waals surface area contributed by atoms with Crippen LogP contribution in [0.4, 0.5) is 0 Å². The normalized spacial score (nSPS) is 20.5. The quantitative estimate of drug-likeness (QED) is 0.724. The molecule has 0 aliphatic carbocycles. The molecule has 2 aromatic rings. The van der Waals surface area contributed by atoms with Gasteiger partial charge in [0.2, 0.25) is 0 Å². The molecule has 0 amide bonds. The van der Waals surface area contributed by atoms with E-state index in [2.05, 4.69) is 88.3 Å². The standard InChI is InChI=1S/C20H23N/c1-14-12-15(2)16(3)19(13-14)20(4)18-9-7-6-8-17(18)10-11-21(20)5/h6-13H,1-5H3. The number of hydrogen-bond acceptors (Lipinski definition) is 1. The van der Waals surface area contributed by atoms with Crippen LogP contribution in [0.1, 0.15) is 40.3 Å². The van der Waals surface area contributed by atoms with Crippen LogP contribution in [-0.4, -0.2) is 11.9 Å². The molecule has 1 unspecified atom stereocenters. The highest BCUT2D eigenvalue weighted by molar-refractivity contribution is 5.62. The third kappa shape index (κ3) is 1.99. The molecule has 108 valence electrons. The molecule has 2 aromatic carbocycles. The maximum absolute atomic E-state index is 2.34. The zero-order chi connectivity index (χ0) is 15.2. The Morgan fingerprint density at radius 3 is 2.43 bits per heavy atom. The van der Waals surface area contributed by atoms with Gasteiger partial charge in [-0.1, -0.05) is 42.0 Å². The molecule has 0 radical (unpaired) electrons. The average molecular weight is 277 g/mol. The summed E-state index contributed by atoms with van der Waals surface area (Å²) in [5, 5.41) is 0. The van der Waals surface area contributed by atoms with Crippen LogP contribution in [0.2, 0.25) is 0 Å². The molecule has 1 heterocycles. The number of rotatable bonds is 1. The summed E-state index contributed by atoms with van der Waals surface area (Å²) in [7, 11) is 2.17. The summed E-state index contributed by atoms with van der Waals surface area (Å²) in [6.45, 7) is 8.96. The first-order valence-electron chi connectivity index (χ1n) is 7.53. The van der Waals surface area contributed by atoms with Crippen molar-refractivity contribution in [2.45, 2.75) is 33.2 Å². The molecule has 1 aliphatic rings. The topological polar surface area (TPSA) is 3.24 Å². The Labute approximate surface area is 127 Å². The molecule has 1 heteroatoms. The van der Waals surface area contributed by atoms with Crippen molar-refractivity contribution in [3.05, 3.63) is 76.0 Å². The molecule has 0 spiro atoms. The molecule has 0 saturated carbocycles. The van der Waals surface area contributed by atoms with Crippen LogP contribution < -0.4 is 0 Å². The van der Waals surface area contributed by atoms with E-state index in [1.165, 1.54) is 33.4 Å². The highest BCUT2D eigenvalue weighted by Gasteiger charge is 2.37. The summed E-state index contributed by atoms with van der Waals surface area (Å²) in [6, 6.07) is 13.3. The number of hydrogen-bond donors (Lipinski definition) is 0. The first kappa shape index (κ1) is 13.9. The van der Waals surface area contributed by atoms with Gasteiger partial charge in [0.25, 0.3) is 0 Å². The third-order valence-electron chi connectivity index (χ3n) is 5.00. The molecule has 0 saturated heterocycles. The highest BCUT2D eigenvalue weighted by Crippen LogP contribution is 2.42. The smallest absolute Gasteiger partial charge is 0.0877 e. The first-order valence-corrected chi connectivity index (χ1v) is 7.53. The molecule has 0 N–H and O–H groups in total. The van der Waals surface area contributed by atoms with Gasteiger partial charge in [0.15, 0.2) is 0 Å². The van der Waals surface area contributed by atoms with Crippen molar-refractivity contribution in [3.8, 4) is 0 Å². The van der Waals surface area contributed by atoms with E-state index in [-0.39, 0.29) is 5.54 Å². The van der Waals surface area contributed by atoms with E-state index < -0.39 is 0 Å². The van der Waals surface area contributed by atoms with Crippen LogP contribution in [-0.2, 0) is 5.54 Å². The Balaban J connectivity index is 2.32. The fourth-order valence-corrected chi connectivity index (χ4v) is 3.50. The van der Waals surface area contributed by atoms with Gasteiger partial charge in [-0.3, -0.25) is 0 Å². The Morgan fingerprint density at radius 2 is 1.67 bits per heavy atom. The molecule has 1 atom stereocenters. The van der Waals surface area contributed by atoms with Crippen molar-refractivity contribution < 1.29 is 0 Å². The molecule has 21 heavy (non-hydrogen) atoms. The Kier molecular flexibility index (Phi) is 3.16. The summed E-state index contributed by atoms with van der Waals surface area (Å²) in [5.41, 5.74) is 8.06. The zero-order valence-electron chi connectivity index (χ0n) is 13.6. The van der Waals surface area contributed by atoms with Gasteiger partial charge in [0.1, 0.15) is 0 Å². The van der Waals surface area contributed by atoms with Gasteiger partial charge in [-0.15, -0.1) is 0 Å². The Morgan fingerprint density at radius 1 is 0.952 bits per heavy atom. The summed E-state index contributed by atoms with van der Waals surface area (Å²) in [6.07, 6.45) is 4.40. The molecule has 3 rings (SSSR count). The average Bonchev–Trinajstić information content (AvgIpc) is 2.47. The van der Waals surface area contributed by atoms with Crippen molar-refractivity contribution in [2.24, 2.45) is 0 Å². The summed E-state index contributed by atoms with van der Waals surface area (Å²) in [4.78, 5) is 2.33. The van der Waals surface area contributed by atoms with Gasteiger partial charge in [-0.25, -0.2) is 0 Å². The number of fused-ring (bicyclic) bond motifs is 1. The lowest BCUT2D eigenvalue weighted by Crippen LogP contribution is -2.42. The van der Waals surface area contributed by atoms with Gasteiger partial charge in [0, 0.05) is 13.2 Å². The van der Waals surface area contributed by atoms with Gasteiger partial charge in [-0.05, 0) is 61.6 Å². The van der Waals surface area contributed by atoms with Gasteiger partial charge >= 0.3 is 0 Å². The molecule has 1 aliphatic heterocycles. The van der Waals surface area contributed by atoms with E-state index in [0.29, 0.717) is 0 Å². The van der Waals surface area contributed by atoms with Crippen LogP contribution in [0.15, 0.2) is 42.6 Å². The molecule has 0 fully saturated rings.